The summed E-state index contributed by atoms with van der Waals surface area (Å²) in [6.45, 7) is 4.50. The second-order valence-electron chi connectivity index (χ2n) is 5.73. The predicted molar refractivity (Wildman–Crippen MR) is 69.4 cm³/mol. The third kappa shape index (κ3) is 2.78. The van der Waals surface area contributed by atoms with Crippen LogP contribution in [0.4, 0.5) is 0 Å². The monoisotopic (exact) mass is 224 g/mol. The Morgan fingerprint density at radius 3 is 2.50 bits per heavy atom. The van der Waals surface area contributed by atoms with Gasteiger partial charge in [0.1, 0.15) is 0 Å². The largest absolute Gasteiger partial charge is 0.329 e. The fourth-order valence-electron chi connectivity index (χ4n) is 3.77. The number of rotatable bonds is 4. The molecule has 0 spiro atoms. The van der Waals surface area contributed by atoms with Crippen LogP contribution in [0.5, 0.6) is 0 Å². The third-order valence-electron chi connectivity index (χ3n) is 4.68. The minimum Gasteiger partial charge on any atom is -0.329 e. The van der Waals surface area contributed by atoms with E-state index >= 15 is 0 Å². The van der Waals surface area contributed by atoms with Crippen LogP contribution < -0.4 is 5.73 Å². The Morgan fingerprint density at radius 2 is 1.88 bits per heavy atom. The molecule has 0 aromatic rings. The zero-order chi connectivity index (χ0) is 11.4. The Labute approximate surface area is 101 Å². The fraction of sp³-hybridized carbons (Fsp3) is 1.00. The summed E-state index contributed by atoms with van der Waals surface area (Å²) in [6, 6.07) is 1.57. The molecule has 0 radical (unpaired) electrons. The SMILES string of the molecule is CCCC1CCC(N2CCCC2CN)CC1. The molecule has 1 atom stereocenters. The molecule has 1 heterocycles. The van der Waals surface area contributed by atoms with Gasteiger partial charge in [-0.3, -0.25) is 4.90 Å². The highest BCUT2D eigenvalue weighted by Crippen LogP contribution is 2.33. The first-order valence-electron chi connectivity index (χ1n) is 7.31. The third-order valence-corrected chi connectivity index (χ3v) is 4.68. The van der Waals surface area contributed by atoms with E-state index in [4.69, 9.17) is 5.73 Å². The minimum atomic E-state index is 0.702. The van der Waals surface area contributed by atoms with Crippen molar-refractivity contribution in [2.75, 3.05) is 13.1 Å². The maximum Gasteiger partial charge on any atom is 0.0221 e. The molecule has 0 aromatic carbocycles. The van der Waals surface area contributed by atoms with Crippen LogP contribution >= 0.6 is 0 Å². The number of nitrogens with zero attached hydrogens (tertiary/aromatic N) is 1. The summed E-state index contributed by atoms with van der Waals surface area (Å²) in [5.41, 5.74) is 5.86. The number of nitrogens with two attached hydrogens (primary N) is 1. The van der Waals surface area contributed by atoms with Crippen LogP contribution in [0.2, 0.25) is 0 Å². The van der Waals surface area contributed by atoms with E-state index in [1.807, 2.05) is 0 Å². The van der Waals surface area contributed by atoms with Gasteiger partial charge in [0.2, 0.25) is 0 Å². The lowest BCUT2D eigenvalue weighted by Gasteiger charge is -2.37. The molecule has 2 fully saturated rings. The standard InChI is InChI=1S/C14H28N2/c1-2-4-12-6-8-13(9-7-12)16-10-3-5-14(16)11-15/h12-14H,2-11,15H2,1H3. The van der Waals surface area contributed by atoms with E-state index in [0.29, 0.717) is 6.04 Å². The lowest BCUT2D eigenvalue weighted by Crippen LogP contribution is -2.44. The molecule has 2 N–H and O–H groups in total. The highest BCUT2D eigenvalue weighted by molar-refractivity contribution is 4.88. The molecule has 1 unspecified atom stereocenters. The van der Waals surface area contributed by atoms with E-state index in [1.54, 1.807) is 0 Å². The van der Waals surface area contributed by atoms with E-state index in [-0.39, 0.29) is 0 Å². The molecule has 2 nitrogen and oxygen atoms in total. The summed E-state index contributed by atoms with van der Waals surface area (Å²) >= 11 is 0. The van der Waals surface area contributed by atoms with Gasteiger partial charge in [0, 0.05) is 18.6 Å². The summed E-state index contributed by atoms with van der Waals surface area (Å²) in [6.07, 6.45) is 11.3. The zero-order valence-electron chi connectivity index (χ0n) is 10.8. The van der Waals surface area contributed by atoms with Gasteiger partial charge in [-0.15, -0.1) is 0 Å². The van der Waals surface area contributed by atoms with Gasteiger partial charge in [0.15, 0.2) is 0 Å². The first-order chi connectivity index (χ1) is 7.85. The predicted octanol–water partition coefficient (Wildman–Crippen LogP) is 2.77. The lowest BCUT2D eigenvalue weighted by atomic mass is 9.83. The van der Waals surface area contributed by atoms with Gasteiger partial charge in [-0.2, -0.15) is 0 Å². The van der Waals surface area contributed by atoms with Crippen molar-refractivity contribution in [3.63, 3.8) is 0 Å². The summed E-state index contributed by atoms with van der Waals surface area (Å²) in [4.78, 5) is 2.72. The molecular weight excluding hydrogens is 196 g/mol. The summed E-state index contributed by atoms with van der Waals surface area (Å²) in [5, 5.41) is 0. The number of likely N-dealkylation sites (tertiary alicyclic amines) is 1. The molecule has 16 heavy (non-hydrogen) atoms. The summed E-state index contributed by atoms with van der Waals surface area (Å²) < 4.78 is 0. The topological polar surface area (TPSA) is 29.3 Å². The average Bonchev–Trinajstić information content (AvgIpc) is 2.78. The minimum absolute atomic E-state index is 0.702. The van der Waals surface area contributed by atoms with Gasteiger partial charge in [-0.1, -0.05) is 19.8 Å². The fourth-order valence-corrected chi connectivity index (χ4v) is 3.77. The summed E-state index contributed by atoms with van der Waals surface area (Å²) in [7, 11) is 0. The van der Waals surface area contributed by atoms with Crippen molar-refractivity contribution in [1.29, 1.82) is 0 Å². The van der Waals surface area contributed by atoms with Crippen molar-refractivity contribution >= 4 is 0 Å². The van der Waals surface area contributed by atoms with E-state index in [9.17, 15) is 0 Å². The van der Waals surface area contributed by atoms with Crippen LogP contribution in [0.25, 0.3) is 0 Å². The first-order valence-corrected chi connectivity index (χ1v) is 7.31. The highest BCUT2D eigenvalue weighted by Gasteiger charge is 2.32. The van der Waals surface area contributed by atoms with Crippen molar-refractivity contribution in [2.45, 2.75) is 70.4 Å². The lowest BCUT2D eigenvalue weighted by molar-refractivity contribution is 0.124. The number of hydrogen-bond donors (Lipinski definition) is 1. The van der Waals surface area contributed by atoms with Gasteiger partial charge >= 0.3 is 0 Å². The second-order valence-corrected chi connectivity index (χ2v) is 5.73. The van der Waals surface area contributed by atoms with Crippen molar-refractivity contribution in [3.05, 3.63) is 0 Å². The molecule has 1 saturated heterocycles. The molecule has 1 aliphatic heterocycles. The summed E-state index contributed by atoms with van der Waals surface area (Å²) in [5.74, 6) is 1.03. The van der Waals surface area contributed by atoms with Crippen LogP contribution in [0.1, 0.15) is 58.3 Å². The quantitative estimate of drug-likeness (QED) is 0.795. The van der Waals surface area contributed by atoms with Crippen LogP contribution in [0, 0.1) is 5.92 Å². The van der Waals surface area contributed by atoms with Gasteiger partial charge in [0.25, 0.3) is 0 Å². The van der Waals surface area contributed by atoms with E-state index < -0.39 is 0 Å². The Hall–Kier alpha value is -0.0800. The Bertz CT molecular complexity index is 197. The maximum atomic E-state index is 5.86. The zero-order valence-corrected chi connectivity index (χ0v) is 10.8. The highest BCUT2D eigenvalue weighted by atomic mass is 15.2. The molecule has 1 aliphatic carbocycles. The maximum absolute atomic E-state index is 5.86. The molecular formula is C14H28N2. The van der Waals surface area contributed by atoms with Crippen molar-refractivity contribution in [3.8, 4) is 0 Å². The van der Waals surface area contributed by atoms with Gasteiger partial charge < -0.3 is 5.73 Å². The smallest absolute Gasteiger partial charge is 0.0221 e. The van der Waals surface area contributed by atoms with E-state index in [2.05, 4.69) is 11.8 Å². The molecule has 1 saturated carbocycles. The van der Waals surface area contributed by atoms with E-state index in [1.165, 1.54) is 57.9 Å². The van der Waals surface area contributed by atoms with Crippen LogP contribution in [0.15, 0.2) is 0 Å². The molecule has 2 heteroatoms. The molecule has 0 aromatic heterocycles. The second kappa shape index (κ2) is 6.02. The van der Waals surface area contributed by atoms with Crippen molar-refractivity contribution in [2.24, 2.45) is 11.7 Å². The normalized spacial score (nSPS) is 36.8. The van der Waals surface area contributed by atoms with Crippen molar-refractivity contribution in [1.82, 2.24) is 4.90 Å². The average molecular weight is 224 g/mol. The molecule has 2 rings (SSSR count). The van der Waals surface area contributed by atoms with Gasteiger partial charge in [0.05, 0.1) is 0 Å². The molecule has 94 valence electrons. The number of hydrogen-bond acceptors (Lipinski definition) is 2. The Morgan fingerprint density at radius 1 is 1.12 bits per heavy atom. The van der Waals surface area contributed by atoms with Crippen LogP contribution in [-0.4, -0.2) is 30.1 Å². The van der Waals surface area contributed by atoms with E-state index in [0.717, 1.165) is 18.5 Å². The van der Waals surface area contributed by atoms with Crippen LogP contribution in [-0.2, 0) is 0 Å². The molecule has 0 amide bonds. The van der Waals surface area contributed by atoms with Gasteiger partial charge in [-0.05, 0) is 51.0 Å². The van der Waals surface area contributed by atoms with Gasteiger partial charge in [-0.25, -0.2) is 0 Å². The first kappa shape index (κ1) is 12.4. The Balaban J connectivity index is 1.79. The van der Waals surface area contributed by atoms with Crippen molar-refractivity contribution < 1.29 is 0 Å². The van der Waals surface area contributed by atoms with Crippen LogP contribution in [0.3, 0.4) is 0 Å². The molecule has 0 bridgehead atoms. The molecule has 2 aliphatic rings. The Kier molecular flexibility index (Phi) is 4.66.